The molecule has 0 fully saturated rings. The molecule has 0 amide bonds. The van der Waals surface area contributed by atoms with Crippen LogP contribution >= 0.6 is 0 Å². The third-order valence-corrected chi connectivity index (χ3v) is 3.08. The summed E-state index contributed by atoms with van der Waals surface area (Å²) in [5.74, 6) is 0.722. The van der Waals surface area contributed by atoms with Gasteiger partial charge in [0.2, 0.25) is 0 Å². The van der Waals surface area contributed by atoms with E-state index in [1.807, 2.05) is 20.0 Å². The van der Waals surface area contributed by atoms with Gasteiger partial charge in [0, 0.05) is 25.0 Å². The van der Waals surface area contributed by atoms with Gasteiger partial charge in [0.05, 0.1) is 5.70 Å². The second-order valence-electron chi connectivity index (χ2n) is 5.64. The van der Waals surface area contributed by atoms with Crippen molar-refractivity contribution in [2.24, 2.45) is 5.92 Å². The van der Waals surface area contributed by atoms with E-state index in [0.717, 1.165) is 36.7 Å². The Bertz CT molecular complexity index is 362. The van der Waals surface area contributed by atoms with Crippen molar-refractivity contribution in [3.63, 3.8) is 0 Å². The third kappa shape index (κ3) is 7.88. The molecular weight excluding hydrogens is 244 g/mol. The van der Waals surface area contributed by atoms with E-state index in [9.17, 15) is 0 Å². The Labute approximate surface area is 125 Å². The fourth-order valence-corrected chi connectivity index (χ4v) is 1.75. The Hall–Kier alpha value is -1.44. The van der Waals surface area contributed by atoms with E-state index < -0.39 is 0 Å². The van der Waals surface area contributed by atoms with Gasteiger partial charge >= 0.3 is 0 Å². The number of rotatable bonds is 10. The summed E-state index contributed by atoms with van der Waals surface area (Å²) in [4.78, 5) is 2.43. The van der Waals surface area contributed by atoms with Crippen molar-refractivity contribution < 1.29 is 0 Å². The maximum Gasteiger partial charge on any atom is 0.0525 e. The first-order valence-electron chi connectivity index (χ1n) is 7.61. The molecule has 0 bridgehead atoms. The van der Waals surface area contributed by atoms with Gasteiger partial charge < -0.3 is 10.2 Å². The molecule has 0 radical (unpaired) electrons. The monoisotopic (exact) mass is 276 g/mol. The van der Waals surface area contributed by atoms with Crippen molar-refractivity contribution in [1.82, 2.24) is 10.2 Å². The lowest BCUT2D eigenvalue weighted by atomic mass is 10.1. The summed E-state index contributed by atoms with van der Waals surface area (Å²) in [5, 5.41) is 3.24. The van der Waals surface area contributed by atoms with Gasteiger partial charge in [-0.25, -0.2) is 0 Å². The van der Waals surface area contributed by atoms with Gasteiger partial charge in [-0.3, -0.25) is 0 Å². The fourth-order valence-electron chi connectivity index (χ4n) is 1.75. The van der Waals surface area contributed by atoms with Gasteiger partial charge in [0.1, 0.15) is 0 Å². The zero-order chi connectivity index (χ0) is 15.5. The molecule has 0 aliphatic carbocycles. The molecule has 20 heavy (non-hydrogen) atoms. The SMILES string of the molecule is C=C(C)C(=C)N/C=C(/C=C\C)N(CCC)CCC(C)C. The van der Waals surface area contributed by atoms with E-state index in [2.05, 4.69) is 56.3 Å². The third-order valence-electron chi connectivity index (χ3n) is 3.08. The van der Waals surface area contributed by atoms with E-state index in [4.69, 9.17) is 0 Å². The summed E-state index contributed by atoms with van der Waals surface area (Å²) in [7, 11) is 0. The van der Waals surface area contributed by atoms with Crippen molar-refractivity contribution in [3.05, 3.63) is 48.5 Å². The van der Waals surface area contributed by atoms with Crippen LogP contribution in [0.1, 0.15) is 47.5 Å². The average molecular weight is 276 g/mol. The van der Waals surface area contributed by atoms with Gasteiger partial charge in [-0.15, -0.1) is 0 Å². The van der Waals surface area contributed by atoms with Crippen LogP contribution in [0.15, 0.2) is 48.5 Å². The molecule has 0 saturated heterocycles. The van der Waals surface area contributed by atoms with Crippen LogP contribution in [0.3, 0.4) is 0 Å². The molecule has 0 aromatic carbocycles. The van der Waals surface area contributed by atoms with Crippen molar-refractivity contribution >= 4 is 0 Å². The van der Waals surface area contributed by atoms with Gasteiger partial charge in [-0.05, 0) is 44.3 Å². The molecule has 0 saturated carbocycles. The molecule has 2 nitrogen and oxygen atoms in total. The number of hydrogen-bond donors (Lipinski definition) is 1. The number of nitrogens with zero attached hydrogens (tertiary/aromatic N) is 1. The highest BCUT2D eigenvalue weighted by atomic mass is 15.1. The molecule has 0 rings (SSSR count). The van der Waals surface area contributed by atoms with Gasteiger partial charge in [-0.1, -0.05) is 40.0 Å². The highest BCUT2D eigenvalue weighted by molar-refractivity contribution is 5.25. The van der Waals surface area contributed by atoms with Crippen LogP contribution in [0.4, 0.5) is 0 Å². The van der Waals surface area contributed by atoms with Gasteiger partial charge in [0.15, 0.2) is 0 Å². The summed E-state index contributed by atoms with van der Waals surface area (Å²) >= 11 is 0. The lowest BCUT2D eigenvalue weighted by Crippen LogP contribution is -2.26. The minimum atomic E-state index is 0.722. The van der Waals surface area contributed by atoms with Crippen molar-refractivity contribution in [2.75, 3.05) is 13.1 Å². The summed E-state index contributed by atoms with van der Waals surface area (Å²) in [6, 6.07) is 0. The van der Waals surface area contributed by atoms with Crippen LogP contribution in [0.25, 0.3) is 0 Å². The predicted molar refractivity (Wildman–Crippen MR) is 91.3 cm³/mol. The predicted octanol–water partition coefficient (Wildman–Crippen LogP) is 4.84. The number of nitrogens with one attached hydrogen (secondary N) is 1. The summed E-state index contributed by atoms with van der Waals surface area (Å²) < 4.78 is 0. The van der Waals surface area contributed by atoms with Crippen LogP contribution < -0.4 is 5.32 Å². The van der Waals surface area contributed by atoms with E-state index >= 15 is 0 Å². The standard InChI is InChI=1S/C18H32N2/c1-8-10-18(14-19-17(7)16(5)6)20(12-9-2)13-11-15(3)4/h8,10,14-15,19H,5,7,9,11-13H2,1-4,6H3/b10-8-,18-14-. The van der Waals surface area contributed by atoms with Crippen LogP contribution in [0.5, 0.6) is 0 Å². The maximum atomic E-state index is 3.97. The second kappa shape index (κ2) is 10.4. The Kier molecular flexibility index (Phi) is 9.61. The first kappa shape index (κ1) is 18.6. The number of hydrogen-bond acceptors (Lipinski definition) is 2. The normalized spacial score (nSPS) is 12.0. The molecule has 0 aromatic rings. The van der Waals surface area contributed by atoms with Crippen LogP contribution in [0, 0.1) is 5.92 Å². The van der Waals surface area contributed by atoms with Crippen molar-refractivity contribution in [2.45, 2.75) is 47.5 Å². The van der Waals surface area contributed by atoms with Crippen LogP contribution in [0.2, 0.25) is 0 Å². The minimum Gasteiger partial charge on any atom is -0.370 e. The Balaban J connectivity index is 4.91. The molecule has 0 unspecified atom stereocenters. The molecule has 0 heterocycles. The quantitative estimate of drug-likeness (QED) is 0.574. The Morgan fingerprint density at radius 2 is 1.90 bits per heavy atom. The highest BCUT2D eigenvalue weighted by Crippen LogP contribution is 2.11. The summed E-state index contributed by atoms with van der Waals surface area (Å²) in [5.41, 5.74) is 3.04. The van der Waals surface area contributed by atoms with E-state index in [-0.39, 0.29) is 0 Å². The van der Waals surface area contributed by atoms with Crippen molar-refractivity contribution in [1.29, 1.82) is 0 Å². The summed E-state index contributed by atoms with van der Waals surface area (Å²) in [6.07, 6.45) is 8.61. The maximum absolute atomic E-state index is 3.97. The Morgan fingerprint density at radius 1 is 1.25 bits per heavy atom. The fraction of sp³-hybridized carbons (Fsp3) is 0.556. The molecule has 0 aromatic heterocycles. The van der Waals surface area contributed by atoms with Gasteiger partial charge in [-0.2, -0.15) is 0 Å². The average Bonchev–Trinajstić information content (AvgIpc) is 2.38. The first-order valence-corrected chi connectivity index (χ1v) is 7.61. The largest absolute Gasteiger partial charge is 0.370 e. The van der Waals surface area contributed by atoms with E-state index in [1.54, 1.807) is 0 Å². The zero-order valence-electron chi connectivity index (χ0n) is 14.0. The van der Waals surface area contributed by atoms with Crippen LogP contribution in [-0.4, -0.2) is 18.0 Å². The molecule has 0 aliphatic heterocycles. The smallest absolute Gasteiger partial charge is 0.0525 e. The van der Waals surface area contributed by atoms with E-state index in [0.29, 0.717) is 0 Å². The minimum absolute atomic E-state index is 0.722. The van der Waals surface area contributed by atoms with Gasteiger partial charge in [0.25, 0.3) is 0 Å². The highest BCUT2D eigenvalue weighted by Gasteiger charge is 2.07. The topological polar surface area (TPSA) is 15.3 Å². The Morgan fingerprint density at radius 3 is 2.35 bits per heavy atom. The molecule has 0 aliphatic rings. The molecule has 1 N–H and O–H groups in total. The van der Waals surface area contributed by atoms with Crippen LogP contribution in [-0.2, 0) is 0 Å². The zero-order valence-corrected chi connectivity index (χ0v) is 14.0. The van der Waals surface area contributed by atoms with Crippen molar-refractivity contribution in [3.8, 4) is 0 Å². The number of allylic oxidation sites excluding steroid dienone is 3. The van der Waals surface area contributed by atoms with E-state index in [1.165, 1.54) is 12.1 Å². The second-order valence-corrected chi connectivity index (χ2v) is 5.64. The molecular formula is C18H32N2. The lowest BCUT2D eigenvalue weighted by molar-refractivity contribution is 0.326. The molecule has 114 valence electrons. The first-order chi connectivity index (χ1) is 9.42. The molecule has 0 atom stereocenters. The molecule has 2 heteroatoms. The summed E-state index contributed by atoms with van der Waals surface area (Å²) in [6.45, 7) is 20.8. The lowest BCUT2D eigenvalue weighted by Gasteiger charge is -2.26. The molecule has 0 spiro atoms.